The number of aryl methyl sites for hydroxylation is 1. The topological polar surface area (TPSA) is 47.1 Å². The lowest BCUT2D eigenvalue weighted by Crippen LogP contribution is -2.63. The largest absolute Gasteiger partial charge is 0.370 e. The number of likely N-dealkylation sites (tertiary alicyclic amines) is 1. The van der Waals surface area contributed by atoms with E-state index in [1.54, 1.807) is 0 Å². The maximum Gasteiger partial charge on any atom is 0.113 e. The summed E-state index contributed by atoms with van der Waals surface area (Å²) in [5.41, 5.74) is 6.03. The third-order valence-corrected chi connectivity index (χ3v) is 9.16. The highest BCUT2D eigenvalue weighted by Gasteiger charge is 2.45. The second-order valence-corrected chi connectivity index (χ2v) is 12.3. The fraction of sp³-hybridized carbons (Fsp3) is 0.395. The molecule has 0 N–H and O–H groups in total. The Labute approximate surface area is 262 Å². The predicted molar refractivity (Wildman–Crippen MR) is 175 cm³/mol. The monoisotopic (exact) mass is 591 g/mol. The van der Waals surface area contributed by atoms with Crippen molar-refractivity contribution in [3.63, 3.8) is 0 Å². The molecule has 0 saturated carbocycles. The lowest BCUT2D eigenvalue weighted by atomic mass is 9.92. The summed E-state index contributed by atoms with van der Waals surface area (Å²) in [4.78, 5) is 9.50. The van der Waals surface area contributed by atoms with Gasteiger partial charge < -0.3 is 19.1 Å². The highest BCUT2D eigenvalue weighted by molar-refractivity contribution is 5.51. The van der Waals surface area contributed by atoms with Gasteiger partial charge in [-0.25, -0.2) is 0 Å². The molecule has 44 heavy (non-hydrogen) atoms. The van der Waals surface area contributed by atoms with Crippen molar-refractivity contribution >= 4 is 5.69 Å². The summed E-state index contributed by atoms with van der Waals surface area (Å²) in [7, 11) is 0. The minimum atomic E-state index is -0.202. The Kier molecular flexibility index (Phi) is 10.4. The van der Waals surface area contributed by atoms with Gasteiger partial charge in [0.15, 0.2) is 0 Å². The normalized spacial score (nSPS) is 24.0. The molecule has 1 aromatic heterocycles. The van der Waals surface area contributed by atoms with Crippen molar-refractivity contribution in [3.8, 4) is 0 Å². The lowest BCUT2D eigenvalue weighted by Gasteiger charge is -2.48. The average Bonchev–Trinajstić information content (AvgIpc) is 3.53. The Morgan fingerprint density at radius 3 is 1.86 bits per heavy atom. The zero-order chi connectivity index (χ0) is 30.1. The quantitative estimate of drug-likeness (QED) is 0.183. The molecule has 6 heteroatoms. The second-order valence-electron chi connectivity index (χ2n) is 12.3. The lowest BCUT2D eigenvalue weighted by molar-refractivity contribution is -0.201. The molecule has 0 radical (unpaired) electrons. The Bertz CT molecular complexity index is 1420. The molecular weight excluding hydrogens is 546 g/mol. The summed E-state index contributed by atoms with van der Waals surface area (Å²) in [6, 6.07) is 33.6. The highest BCUT2D eigenvalue weighted by Crippen LogP contribution is 2.32. The van der Waals surface area contributed by atoms with Gasteiger partial charge in [0.2, 0.25) is 0 Å². The molecule has 2 aliphatic rings. The van der Waals surface area contributed by atoms with Crippen LogP contribution >= 0.6 is 0 Å². The summed E-state index contributed by atoms with van der Waals surface area (Å²) in [5.74, 6) is 0.559. The third-order valence-electron chi connectivity index (χ3n) is 9.16. The molecular formula is C38H45N3O3. The molecule has 5 atom stereocenters. The zero-order valence-electron chi connectivity index (χ0n) is 26.0. The molecule has 0 spiro atoms. The van der Waals surface area contributed by atoms with Crippen LogP contribution in [-0.4, -0.2) is 60.4 Å². The Morgan fingerprint density at radius 1 is 0.705 bits per heavy atom. The molecule has 2 fully saturated rings. The first kappa shape index (κ1) is 30.5. The summed E-state index contributed by atoms with van der Waals surface area (Å²) < 4.78 is 20.3. The first-order chi connectivity index (χ1) is 21.6. The van der Waals surface area contributed by atoms with Gasteiger partial charge >= 0.3 is 0 Å². The minimum Gasteiger partial charge on any atom is -0.370 e. The maximum absolute atomic E-state index is 6.80. The molecule has 0 unspecified atom stereocenters. The molecule has 6 nitrogen and oxygen atoms in total. The van der Waals surface area contributed by atoms with Crippen LogP contribution in [0.25, 0.3) is 0 Å². The van der Waals surface area contributed by atoms with Crippen molar-refractivity contribution in [1.29, 1.82) is 0 Å². The summed E-state index contributed by atoms with van der Waals surface area (Å²) >= 11 is 0. The molecule has 230 valence electrons. The van der Waals surface area contributed by atoms with Crippen LogP contribution in [0.4, 0.5) is 5.69 Å². The highest BCUT2D eigenvalue weighted by atomic mass is 16.6. The number of hydrogen-bond acceptors (Lipinski definition) is 6. The van der Waals surface area contributed by atoms with Crippen molar-refractivity contribution in [1.82, 2.24) is 9.88 Å². The summed E-state index contributed by atoms with van der Waals surface area (Å²) in [6.07, 6.45) is 4.57. The smallest absolute Gasteiger partial charge is 0.113 e. The van der Waals surface area contributed by atoms with E-state index >= 15 is 0 Å². The van der Waals surface area contributed by atoms with E-state index in [-0.39, 0.29) is 24.4 Å². The van der Waals surface area contributed by atoms with E-state index < -0.39 is 0 Å². The maximum atomic E-state index is 6.80. The number of anilines is 1. The number of pyridine rings is 1. The number of benzene rings is 3. The van der Waals surface area contributed by atoms with E-state index in [0.29, 0.717) is 25.7 Å². The first-order valence-electron chi connectivity index (χ1n) is 16.0. The van der Waals surface area contributed by atoms with Gasteiger partial charge in [0, 0.05) is 38.4 Å². The van der Waals surface area contributed by atoms with Gasteiger partial charge in [-0.3, -0.25) is 9.88 Å². The van der Waals surface area contributed by atoms with Gasteiger partial charge in [0.25, 0.3) is 0 Å². The van der Waals surface area contributed by atoms with Gasteiger partial charge in [-0.1, -0.05) is 91.0 Å². The minimum absolute atomic E-state index is 0.131. The third kappa shape index (κ3) is 7.74. The molecule has 3 aromatic carbocycles. The van der Waals surface area contributed by atoms with Crippen LogP contribution in [0.15, 0.2) is 109 Å². The SMILES string of the molecule is Cc1ccncc1N1CC[C@H](CN2C[C@H](OCc3ccccc3)[C@@H](OCc3ccccc3)[C@H](OCc3ccccc3)[C@H]2C)C1. The molecule has 2 aliphatic heterocycles. The molecule has 6 rings (SSSR count). The van der Waals surface area contributed by atoms with Crippen LogP contribution in [0, 0.1) is 12.8 Å². The van der Waals surface area contributed by atoms with Crippen molar-refractivity contribution in [2.45, 2.75) is 64.4 Å². The fourth-order valence-electron chi connectivity index (χ4n) is 6.65. The molecule has 4 aromatic rings. The average molecular weight is 592 g/mol. The van der Waals surface area contributed by atoms with Crippen LogP contribution in [-0.2, 0) is 34.0 Å². The predicted octanol–water partition coefficient (Wildman–Crippen LogP) is 6.68. The van der Waals surface area contributed by atoms with Crippen molar-refractivity contribution < 1.29 is 14.2 Å². The van der Waals surface area contributed by atoms with E-state index in [0.717, 1.165) is 38.2 Å². The van der Waals surface area contributed by atoms with Gasteiger partial charge in [0.1, 0.15) is 12.2 Å². The molecule has 2 saturated heterocycles. The summed E-state index contributed by atoms with van der Waals surface area (Å²) in [5, 5.41) is 0. The number of hydrogen-bond donors (Lipinski definition) is 0. The van der Waals surface area contributed by atoms with Gasteiger partial charge in [-0.05, 0) is 54.5 Å². The van der Waals surface area contributed by atoms with E-state index in [1.807, 2.05) is 30.6 Å². The second kappa shape index (κ2) is 15.0. The van der Waals surface area contributed by atoms with Crippen LogP contribution in [0.3, 0.4) is 0 Å². The number of ether oxygens (including phenoxy) is 3. The van der Waals surface area contributed by atoms with Crippen LogP contribution in [0.5, 0.6) is 0 Å². The van der Waals surface area contributed by atoms with E-state index in [2.05, 4.69) is 107 Å². The Morgan fingerprint density at radius 2 is 1.27 bits per heavy atom. The Balaban J connectivity index is 1.22. The van der Waals surface area contributed by atoms with Crippen molar-refractivity contribution in [2.75, 3.05) is 31.1 Å². The van der Waals surface area contributed by atoms with Crippen LogP contribution in [0.2, 0.25) is 0 Å². The number of rotatable bonds is 12. The van der Waals surface area contributed by atoms with Crippen molar-refractivity contribution in [2.24, 2.45) is 5.92 Å². The zero-order valence-corrected chi connectivity index (χ0v) is 26.0. The number of nitrogens with zero attached hydrogens (tertiary/aromatic N) is 3. The number of piperidine rings is 1. The molecule has 0 aliphatic carbocycles. The van der Waals surface area contributed by atoms with Gasteiger partial charge in [-0.2, -0.15) is 0 Å². The summed E-state index contributed by atoms with van der Waals surface area (Å²) in [6.45, 7) is 9.99. The fourth-order valence-corrected chi connectivity index (χ4v) is 6.65. The Hall–Kier alpha value is -3.55. The van der Waals surface area contributed by atoms with E-state index in [4.69, 9.17) is 14.2 Å². The van der Waals surface area contributed by atoms with E-state index in [1.165, 1.54) is 22.4 Å². The first-order valence-corrected chi connectivity index (χ1v) is 16.0. The molecule has 3 heterocycles. The van der Waals surface area contributed by atoms with Crippen LogP contribution in [0.1, 0.15) is 35.6 Å². The molecule has 0 amide bonds. The van der Waals surface area contributed by atoms with Crippen LogP contribution < -0.4 is 4.90 Å². The van der Waals surface area contributed by atoms with Gasteiger partial charge in [0.05, 0.1) is 37.8 Å². The standard InChI is InChI=1S/C38H45N3O3/c1-29-18-20-39-22-35(29)40-21-19-34(23-40)24-41-25-36(42-26-31-12-6-3-7-13-31)38(44-28-33-16-10-5-11-17-33)37(30(41)2)43-27-32-14-8-4-9-15-32/h3-18,20,22,30,34,36-38H,19,21,23-28H2,1-2H3/t30-,34+,36+,37-,38-/m1/s1. The number of aromatic nitrogens is 1. The van der Waals surface area contributed by atoms with E-state index in [9.17, 15) is 0 Å². The molecule has 0 bridgehead atoms. The van der Waals surface area contributed by atoms with Gasteiger partial charge in [-0.15, -0.1) is 0 Å². The van der Waals surface area contributed by atoms with Crippen molar-refractivity contribution in [3.05, 3.63) is 132 Å².